The number of halogens is 1. The molecule has 2 atom stereocenters. The van der Waals surface area contributed by atoms with Crippen LogP contribution in [0.2, 0.25) is 0 Å². The number of rotatable bonds is 8. The van der Waals surface area contributed by atoms with Gasteiger partial charge >= 0.3 is 0 Å². The van der Waals surface area contributed by atoms with Crippen LogP contribution in [0.5, 0.6) is 5.75 Å². The fraction of sp³-hybridized carbons (Fsp3) is 0.625. The van der Waals surface area contributed by atoms with Gasteiger partial charge in [-0.1, -0.05) is 33.1 Å². The number of hydrogen-bond acceptors (Lipinski definition) is 2. The highest BCUT2D eigenvalue weighted by Gasteiger charge is 2.12. The SMILES string of the molecule is CCCCC(CC)COc1ccc(F)cc1[C@H](C)N. The predicted octanol–water partition coefficient (Wildman–Crippen LogP) is 4.44. The summed E-state index contributed by atoms with van der Waals surface area (Å²) in [4.78, 5) is 0. The van der Waals surface area contributed by atoms with Gasteiger partial charge in [0.1, 0.15) is 11.6 Å². The molecule has 1 rings (SSSR count). The molecule has 0 aliphatic carbocycles. The predicted molar refractivity (Wildman–Crippen MR) is 77.8 cm³/mol. The zero-order chi connectivity index (χ0) is 14.3. The zero-order valence-corrected chi connectivity index (χ0v) is 12.3. The van der Waals surface area contributed by atoms with Crippen LogP contribution in [0.4, 0.5) is 4.39 Å². The first-order valence-electron chi connectivity index (χ1n) is 7.26. The van der Waals surface area contributed by atoms with E-state index in [1.807, 2.05) is 6.92 Å². The summed E-state index contributed by atoms with van der Waals surface area (Å²) in [5.74, 6) is 1.01. The minimum Gasteiger partial charge on any atom is -0.493 e. The third-order valence-corrected chi connectivity index (χ3v) is 3.48. The Balaban J connectivity index is 2.65. The Bertz CT molecular complexity index is 379. The number of ether oxygens (including phenoxy) is 1. The lowest BCUT2D eigenvalue weighted by atomic mass is 10.0. The monoisotopic (exact) mass is 267 g/mol. The van der Waals surface area contributed by atoms with Crippen LogP contribution in [0, 0.1) is 11.7 Å². The quantitative estimate of drug-likeness (QED) is 0.755. The van der Waals surface area contributed by atoms with Crippen LogP contribution in [0.1, 0.15) is 58.1 Å². The highest BCUT2D eigenvalue weighted by molar-refractivity contribution is 5.36. The number of unbranched alkanes of at least 4 members (excludes halogenated alkanes) is 1. The fourth-order valence-electron chi connectivity index (χ4n) is 2.11. The Kier molecular flexibility index (Phi) is 6.85. The molecule has 0 aliphatic rings. The average Bonchev–Trinajstić information content (AvgIpc) is 2.40. The topological polar surface area (TPSA) is 35.2 Å². The Labute approximate surface area is 116 Å². The smallest absolute Gasteiger partial charge is 0.124 e. The molecule has 0 spiro atoms. The van der Waals surface area contributed by atoms with Crippen LogP contribution < -0.4 is 10.5 Å². The van der Waals surface area contributed by atoms with E-state index in [1.54, 1.807) is 6.07 Å². The fourth-order valence-corrected chi connectivity index (χ4v) is 2.11. The summed E-state index contributed by atoms with van der Waals surface area (Å²) in [6, 6.07) is 4.35. The van der Waals surface area contributed by atoms with E-state index in [9.17, 15) is 4.39 Å². The number of benzene rings is 1. The van der Waals surface area contributed by atoms with E-state index in [4.69, 9.17) is 10.5 Å². The summed E-state index contributed by atoms with van der Waals surface area (Å²) in [6.07, 6.45) is 4.72. The molecule has 3 heteroatoms. The van der Waals surface area contributed by atoms with Crippen molar-refractivity contribution in [3.05, 3.63) is 29.6 Å². The highest BCUT2D eigenvalue weighted by Crippen LogP contribution is 2.26. The maximum Gasteiger partial charge on any atom is 0.124 e. The van der Waals surface area contributed by atoms with E-state index in [0.29, 0.717) is 18.3 Å². The minimum atomic E-state index is -0.266. The lowest BCUT2D eigenvalue weighted by molar-refractivity contribution is 0.230. The Morgan fingerprint density at radius 2 is 2.05 bits per heavy atom. The molecule has 2 nitrogen and oxygen atoms in total. The molecular formula is C16H26FNO. The Hall–Kier alpha value is -1.09. The van der Waals surface area contributed by atoms with Gasteiger partial charge in [0.15, 0.2) is 0 Å². The second kappa shape index (κ2) is 8.16. The van der Waals surface area contributed by atoms with Gasteiger partial charge < -0.3 is 10.5 Å². The second-order valence-corrected chi connectivity index (χ2v) is 5.20. The molecule has 0 saturated carbocycles. The van der Waals surface area contributed by atoms with Crippen molar-refractivity contribution in [1.82, 2.24) is 0 Å². The van der Waals surface area contributed by atoms with E-state index in [2.05, 4.69) is 13.8 Å². The highest BCUT2D eigenvalue weighted by atomic mass is 19.1. The van der Waals surface area contributed by atoms with Gasteiger partial charge in [-0.05, 0) is 37.5 Å². The molecule has 108 valence electrons. The van der Waals surface area contributed by atoms with Crippen LogP contribution in [0.3, 0.4) is 0 Å². The first kappa shape index (κ1) is 16.0. The van der Waals surface area contributed by atoms with Gasteiger partial charge in [-0.3, -0.25) is 0 Å². The van der Waals surface area contributed by atoms with E-state index < -0.39 is 0 Å². The summed E-state index contributed by atoms with van der Waals surface area (Å²) >= 11 is 0. The maximum absolute atomic E-state index is 13.2. The normalized spacial score (nSPS) is 14.2. The van der Waals surface area contributed by atoms with Gasteiger partial charge in [0.2, 0.25) is 0 Å². The molecule has 0 radical (unpaired) electrons. The zero-order valence-electron chi connectivity index (χ0n) is 12.3. The molecule has 0 aliphatic heterocycles. The van der Waals surface area contributed by atoms with E-state index in [-0.39, 0.29) is 11.9 Å². The van der Waals surface area contributed by atoms with Gasteiger partial charge in [0, 0.05) is 11.6 Å². The molecule has 0 heterocycles. The van der Waals surface area contributed by atoms with Crippen molar-refractivity contribution in [3.63, 3.8) is 0 Å². The van der Waals surface area contributed by atoms with E-state index in [1.165, 1.54) is 31.4 Å². The molecule has 0 saturated heterocycles. The van der Waals surface area contributed by atoms with E-state index in [0.717, 1.165) is 12.0 Å². The van der Waals surface area contributed by atoms with Crippen molar-refractivity contribution >= 4 is 0 Å². The van der Waals surface area contributed by atoms with Crippen LogP contribution in [0.25, 0.3) is 0 Å². The standard InChI is InChI=1S/C16H26FNO/c1-4-6-7-13(5-2)11-19-16-9-8-14(17)10-15(16)12(3)18/h8-10,12-13H,4-7,11,18H2,1-3H3/t12-,13?/m0/s1. The van der Waals surface area contributed by atoms with Crippen molar-refractivity contribution < 1.29 is 9.13 Å². The van der Waals surface area contributed by atoms with Crippen molar-refractivity contribution in [2.24, 2.45) is 11.7 Å². The third-order valence-electron chi connectivity index (χ3n) is 3.48. The summed E-state index contributed by atoms with van der Waals surface area (Å²) in [6.45, 7) is 6.90. The molecule has 19 heavy (non-hydrogen) atoms. The maximum atomic E-state index is 13.2. The molecule has 2 N–H and O–H groups in total. The van der Waals surface area contributed by atoms with Gasteiger partial charge in [0.05, 0.1) is 6.61 Å². The first-order valence-corrected chi connectivity index (χ1v) is 7.26. The van der Waals surface area contributed by atoms with Gasteiger partial charge in [0.25, 0.3) is 0 Å². The van der Waals surface area contributed by atoms with Gasteiger partial charge in [-0.25, -0.2) is 4.39 Å². The molecule has 0 fully saturated rings. The van der Waals surface area contributed by atoms with Crippen LogP contribution >= 0.6 is 0 Å². The van der Waals surface area contributed by atoms with Gasteiger partial charge in [-0.15, -0.1) is 0 Å². The van der Waals surface area contributed by atoms with Crippen molar-refractivity contribution in [2.75, 3.05) is 6.61 Å². The molecule has 1 aromatic carbocycles. The van der Waals surface area contributed by atoms with E-state index >= 15 is 0 Å². The van der Waals surface area contributed by atoms with Crippen LogP contribution in [-0.4, -0.2) is 6.61 Å². The average molecular weight is 267 g/mol. The van der Waals surface area contributed by atoms with Gasteiger partial charge in [-0.2, -0.15) is 0 Å². The molecule has 0 aromatic heterocycles. The van der Waals surface area contributed by atoms with Crippen molar-refractivity contribution in [1.29, 1.82) is 0 Å². The first-order chi connectivity index (χ1) is 9.08. The molecule has 1 aromatic rings. The second-order valence-electron chi connectivity index (χ2n) is 5.20. The van der Waals surface area contributed by atoms with Crippen molar-refractivity contribution in [3.8, 4) is 5.75 Å². The molecular weight excluding hydrogens is 241 g/mol. The summed E-state index contributed by atoms with van der Waals surface area (Å²) in [7, 11) is 0. The lowest BCUT2D eigenvalue weighted by Crippen LogP contribution is -2.14. The summed E-state index contributed by atoms with van der Waals surface area (Å²) in [5.41, 5.74) is 6.60. The molecule has 0 bridgehead atoms. The Morgan fingerprint density at radius 3 is 2.63 bits per heavy atom. The lowest BCUT2D eigenvalue weighted by Gasteiger charge is -2.18. The molecule has 0 amide bonds. The summed E-state index contributed by atoms with van der Waals surface area (Å²) < 4.78 is 19.1. The third kappa shape index (κ3) is 5.19. The number of hydrogen-bond donors (Lipinski definition) is 1. The number of nitrogens with two attached hydrogens (primary N) is 1. The summed E-state index contributed by atoms with van der Waals surface area (Å²) in [5, 5.41) is 0. The van der Waals surface area contributed by atoms with Crippen LogP contribution in [0.15, 0.2) is 18.2 Å². The van der Waals surface area contributed by atoms with Crippen LogP contribution in [-0.2, 0) is 0 Å². The largest absolute Gasteiger partial charge is 0.493 e. The minimum absolute atomic E-state index is 0.221. The Morgan fingerprint density at radius 1 is 1.32 bits per heavy atom. The van der Waals surface area contributed by atoms with Crippen molar-refractivity contribution in [2.45, 2.75) is 52.5 Å². The molecule has 1 unspecified atom stereocenters.